The Bertz CT molecular complexity index is 989. The number of nitriles is 1. The summed E-state index contributed by atoms with van der Waals surface area (Å²) in [5.41, 5.74) is 0.416. The van der Waals surface area contributed by atoms with Gasteiger partial charge in [-0.3, -0.25) is 4.79 Å². The zero-order chi connectivity index (χ0) is 21.6. The van der Waals surface area contributed by atoms with E-state index in [9.17, 15) is 19.2 Å². The van der Waals surface area contributed by atoms with E-state index in [0.29, 0.717) is 29.0 Å². The van der Waals surface area contributed by atoms with Gasteiger partial charge in [-0.05, 0) is 67.2 Å². The third-order valence-corrected chi connectivity index (χ3v) is 5.19. The van der Waals surface area contributed by atoms with E-state index in [4.69, 9.17) is 16.3 Å². The lowest BCUT2D eigenvalue weighted by atomic mass is 10.00. The number of ether oxygens (including phenoxy) is 1. The van der Waals surface area contributed by atoms with E-state index in [-0.39, 0.29) is 5.57 Å². The number of carbonyl (C=O) groups excluding carboxylic acids is 2. The first kappa shape index (κ1) is 21.5. The number of hydrogen-bond donors (Lipinski definition) is 1. The average molecular weight is 427 g/mol. The van der Waals surface area contributed by atoms with Gasteiger partial charge in [-0.2, -0.15) is 5.26 Å². The van der Waals surface area contributed by atoms with Crippen LogP contribution in [0.2, 0.25) is 5.02 Å². The third kappa shape index (κ3) is 5.46. The van der Waals surface area contributed by atoms with Crippen molar-refractivity contribution in [3.05, 3.63) is 70.5 Å². The molecule has 2 aromatic rings. The van der Waals surface area contributed by atoms with Gasteiger partial charge in [-0.25, -0.2) is 9.18 Å². The van der Waals surface area contributed by atoms with Crippen LogP contribution in [-0.4, -0.2) is 24.0 Å². The van der Waals surface area contributed by atoms with Crippen molar-refractivity contribution in [1.82, 2.24) is 5.32 Å². The van der Waals surface area contributed by atoms with Crippen molar-refractivity contribution >= 4 is 35.1 Å². The van der Waals surface area contributed by atoms with Gasteiger partial charge in [-0.1, -0.05) is 35.9 Å². The highest BCUT2D eigenvalue weighted by Gasteiger charge is 2.35. The van der Waals surface area contributed by atoms with Gasteiger partial charge in [0.05, 0.1) is 11.6 Å². The van der Waals surface area contributed by atoms with E-state index in [1.54, 1.807) is 30.3 Å². The standard InChI is InChI=1S/C23H20ClFN2O3/c24-18-7-3-16(4-8-18)13-20(17-5-9-19(25)10-6-17)22(29)30-14-21(28)27-23(15-26)11-1-2-12-23/h3-10,13H,1-2,11-12,14H2,(H,27,28)/b20-13+. The molecule has 0 saturated heterocycles. The van der Waals surface area contributed by atoms with Gasteiger partial charge in [-0.15, -0.1) is 0 Å². The third-order valence-electron chi connectivity index (χ3n) is 4.94. The minimum atomic E-state index is -0.886. The molecular formula is C23H20ClFN2O3. The first-order valence-corrected chi connectivity index (χ1v) is 9.91. The molecule has 0 heterocycles. The summed E-state index contributed by atoms with van der Waals surface area (Å²) >= 11 is 5.90. The normalized spacial score (nSPS) is 15.3. The minimum absolute atomic E-state index is 0.168. The number of benzene rings is 2. The monoisotopic (exact) mass is 426 g/mol. The van der Waals surface area contributed by atoms with E-state index in [2.05, 4.69) is 11.4 Å². The largest absolute Gasteiger partial charge is 0.452 e. The molecule has 0 radical (unpaired) electrons. The van der Waals surface area contributed by atoms with Crippen LogP contribution in [0.3, 0.4) is 0 Å². The smallest absolute Gasteiger partial charge is 0.339 e. The molecule has 0 aromatic heterocycles. The lowest BCUT2D eigenvalue weighted by Crippen LogP contribution is -2.46. The molecule has 1 aliphatic rings. The summed E-state index contributed by atoms with van der Waals surface area (Å²) in [5.74, 6) is -1.70. The fourth-order valence-corrected chi connectivity index (χ4v) is 3.50. The van der Waals surface area contributed by atoms with Crippen LogP contribution in [0.25, 0.3) is 11.6 Å². The Morgan fingerprint density at radius 1 is 1.13 bits per heavy atom. The fraction of sp³-hybridized carbons (Fsp3) is 0.261. The molecule has 1 amide bonds. The number of nitrogens with zero attached hydrogens (tertiary/aromatic N) is 1. The maximum atomic E-state index is 13.3. The van der Waals surface area contributed by atoms with E-state index in [0.717, 1.165) is 12.8 Å². The number of nitrogens with one attached hydrogen (secondary N) is 1. The zero-order valence-electron chi connectivity index (χ0n) is 16.2. The molecule has 7 heteroatoms. The molecular weight excluding hydrogens is 407 g/mol. The highest BCUT2D eigenvalue weighted by molar-refractivity contribution is 6.30. The Balaban J connectivity index is 1.75. The predicted molar refractivity (Wildman–Crippen MR) is 112 cm³/mol. The quantitative estimate of drug-likeness (QED) is 0.418. The number of amides is 1. The SMILES string of the molecule is N#CC1(NC(=O)COC(=O)/C(=C/c2ccc(Cl)cc2)c2ccc(F)cc2)CCCC1. The molecule has 30 heavy (non-hydrogen) atoms. The lowest BCUT2D eigenvalue weighted by molar-refractivity contribution is -0.143. The van der Waals surface area contributed by atoms with Crippen LogP contribution in [-0.2, 0) is 14.3 Å². The molecule has 0 unspecified atom stereocenters. The molecule has 1 aliphatic carbocycles. The van der Waals surface area contributed by atoms with Gasteiger partial charge in [0.1, 0.15) is 11.4 Å². The number of hydrogen-bond acceptors (Lipinski definition) is 4. The maximum absolute atomic E-state index is 13.3. The van der Waals surface area contributed by atoms with Gasteiger partial charge < -0.3 is 10.1 Å². The van der Waals surface area contributed by atoms with E-state index in [1.165, 1.54) is 24.3 Å². The number of carbonyl (C=O) groups is 2. The Kier molecular flexibility index (Phi) is 6.86. The molecule has 1 fully saturated rings. The second-order valence-corrected chi connectivity index (χ2v) is 7.58. The van der Waals surface area contributed by atoms with Crippen LogP contribution in [0.1, 0.15) is 36.8 Å². The Hall–Kier alpha value is -3.17. The molecule has 0 aliphatic heterocycles. The van der Waals surface area contributed by atoms with Crippen LogP contribution in [0.15, 0.2) is 48.5 Å². The Labute approximate surface area is 179 Å². The van der Waals surface area contributed by atoms with E-state index < -0.39 is 29.8 Å². The van der Waals surface area contributed by atoms with Crippen LogP contribution in [0.4, 0.5) is 4.39 Å². The summed E-state index contributed by atoms with van der Waals surface area (Å²) in [6.45, 7) is -0.512. The van der Waals surface area contributed by atoms with Gasteiger partial charge in [0, 0.05) is 5.02 Å². The minimum Gasteiger partial charge on any atom is -0.452 e. The highest BCUT2D eigenvalue weighted by atomic mass is 35.5. The van der Waals surface area contributed by atoms with Gasteiger partial charge in [0.2, 0.25) is 0 Å². The summed E-state index contributed by atoms with van der Waals surface area (Å²) in [4.78, 5) is 25.0. The summed E-state index contributed by atoms with van der Waals surface area (Å²) in [7, 11) is 0. The molecule has 5 nitrogen and oxygen atoms in total. The van der Waals surface area contributed by atoms with Crippen LogP contribution >= 0.6 is 11.6 Å². The van der Waals surface area contributed by atoms with Crippen molar-refractivity contribution in [3.8, 4) is 6.07 Å². The number of esters is 1. The van der Waals surface area contributed by atoms with E-state index in [1.807, 2.05) is 0 Å². The maximum Gasteiger partial charge on any atom is 0.339 e. The van der Waals surface area contributed by atoms with Gasteiger partial charge >= 0.3 is 5.97 Å². The van der Waals surface area contributed by atoms with Crippen molar-refractivity contribution in [3.63, 3.8) is 0 Å². The van der Waals surface area contributed by atoms with Gasteiger partial charge in [0.25, 0.3) is 5.91 Å². The zero-order valence-corrected chi connectivity index (χ0v) is 16.9. The summed E-state index contributed by atoms with van der Waals surface area (Å²) in [6, 6.07) is 14.4. The van der Waals surface area contributed by atoms with Crippen molar-refractivity contribution < 1.29 is 18.7 Å². The van der Waals surface area contributed by atoms with Crippen LogP contribution in [0.5, 0.6) is 0 Å². The van der Waals surface area contributed by atoms with Crippen LogP contribution < -0.4 is 5.32 Å². The molecule has 1 saturated carbocycles. The Morgan fingerprint density at radius 3 is 2.37 bits per heavy atom. The Morgan fingerprint density at radius 2 is 1.77 bits per heavy atom. The van der Waals surface area contributed by atoms with Crippen molar-refractivity contribution in [1.29, 1.82) is 5.26 Å². The molecule has 0 spiro atoms. The van der Waals surface area contributed by atoms with Crippen molar-refractivity contribution in [2.45, 2.75) is 31.2 Å². The topological polar surface area (TPSA) is 79.2 Å². The number of rotatable bonds is 6. The second-order valence-electron chi connectivity index (χ2n) is 7.14. The van der Waals surface area contributed by atoms with Crippen molar-refractivity contribution in [2.75, 3.05) is 6.61 Å². The van der Waals surface area contributed by atoms with Gasteiger partial charge in [0.15, 0.2) is 6.61 Å². The fourth-order valence-electron chi connectivity index (χ4n) is 3.37. The molecule has 1 N–H and O–H groups in total. The molecule has 0 bridgehead atoms. The summed E-state index contributed by atoms with van der Waals surface area (Å²) < 4.78 is 18.5. The summed E-state index contributed by atoms with van der Waals surface area (Å²) in [5, 5.41) is 12.6. The first-order valence-electron chi connectivity index (χ1n) is 9.53. The van der Waals surface area contributed by atoms with E-state index >= 15 is 0 Å². The van der Waals surface area contributed by atoms with Crippen molar-refractivity contribution in [2.24, 2.45) is 0 Å². The first-order chi connectivity index (χ1) is 14.4. The highest BCUT2D eigenvalue weighted by Crippen LogP contribution is 2.29. The van der Waals surface area contributed by atoms with Crippen LogP contribution in [0, 0.1) is 17.1 Å². The predicted octanol–water partition coefficient (Wildman–Crippen LogP) is 4.52. The lowest BCUT2D eigenvalue weighted by Gasteiger charge is -2.21. The molecule has 154 valence electrons. The average Bonchev–Trinajstić information content (AvgIpc) is 3.21. The number of halogens is 2. The summed E-state index contributed by atoms with van der Waals surface area (Å²) in [6.07, 6.45) is 4.48. The molecule has 0 atom stereocenters. The second kappa shape index (κ2) is 9.55. The molecule has 2 aromatic carbocycles. The molecule has 3 rings (SSSR count).